The molecular formula is C21H25N3O4. The second-order valence-corrected chi connectivity index (χ2v) is 6.32. The van der Waals surface area contributed by atoms with Gasteiger partial charge in [-0.3, -0.25) is 9.59 Å². The molecule has 148 valence electrons. The lowest BCUT2D eigenvalue weighted by molar-refractivity contribution is -0.131. The van der Waals surface area contributed by atoms with Crippen molar-refractivity contribution in [1.29, 1.82) is 0 Å². The van der Waals surface area contributed by atoms with Crippen LogP contribution in [-0.4, -0.2) is 49.4 Å². The van der Waals surface area contributed by atoms with Gasteiger partial charge in [0.15, 0.2) is 0 Å². The third kappa shape index (κ3) is 6.42. The van der Waals surface area contributed by atoms with Crippen molar-refractivity contribution in [3.05, 3.63) is 59.7 Å². The number of hydrogen-bond donors (Lipinski definition) is 2. The van der Waals surface area contributed by atoms with E-state index in [0.717, 1.165) is 5.56 Å². The number of nitrogens with zero attached hydrogens (tertiary/aromatic N) is 1. The van der Waals surface area contributed by atoms with E-state index in [1.807, 2.05) is 31.2 Å². The molecule has 2 amide bonds. The zero-order valence-corrected chi connectivity index (χ0v) is 16.3. The van der Waals surface area contributed by atoms with E-state index < -0.39 is 0 Å². The summed E-state index contributed by atoms with van der Waals surface area (Å²) in [5, 5.41) is 5.74. The Hall–Kier alpha value is -3.35. The summed E-state index contributed by atoms with van der Waals surface area (Å²) in [5.74, 6) is -0.878. The Balaban J connectivity index is 1.79. The normalized spacial score (nSPS) is 10.1. The molecule has 2 aromatic carbocycles. The van der Waals surface area contributed by atoms with Gasteiger partial charge in [-0.05, 0) is 50.2 Å². The van der Waals surface area contributed by atoms with Crippen LogP contribution in [0, 0.1) is 6.92 Å². The van der Waals surface area contributed by atoms with Crippen LogP contribution in [0.25, 0.3) is 0 Å². The molecule has 7 heteroatoms. The van der Waals surface area contributed by atoms with Gasteiger partial charge < -0.3 is 20.3 Å². The van der Waals surface area contributed by atoms with E-state index in [1.165, 1.54) is 4.90 Å². The van der Waals surface area contributed by atoms with Gasteiger partial charge in [0.1, 0.15) is 0 Å². The van der Waals surface area contributed by atoms with Gasteiger partial charge in [0.25, 0.3) is 0 Å². The first-order chi connectivity index (χ1) is 13.4. The Labute approximate surface area is 164 Å². The molecule has 7 nitrogen and oxygen atoms in total. The van der Waals surface area contributed by atoms with Crippen LogP contribution in [0.3, 0.4) is 0 Å². The van der Waals surface area contributed by atoms with Crippen molar-refractivity contribution in [2.24, 2.45) is 0 Å². The molecule has 0 aliphatic rings. The predicted octanol–water partition coefficient (Wildman–Crippen LogP) is 2.68. The molecule has 0 spiro atoms. The number of esters is 1. The van der Waals surface area contributed by atoms with Crippen LogP contribution in [0.1, 0.15) is 22.8 Å². The molecule has 0 atom stereocenters. The highest BCUT2D eigenvalue weighted by molar-refractivity contribution is 5.95. The monoisotopic (exact) mass is 383 g/mol. The zero-order chi connectivity index (χ0) is 20.5. The summed E-state index contributed by atoms with van der Waals surface area (Å²) < 4.78 is 4.92. The lowest BCUT2D eigenvalue weighted by Crippen LogP contribution is -2.38. The Morgan fingerprint density at radius 3 is 2.18 bits per heavy atom. The molecule has 0 aliphatic heterocycles. The molecular weight excluding hydrogens is 358 g/mol. The first kappa shape index (κ1) is 21.0. The second-order valence-electron chi connectivity index (χ2n) is 6.32. The molecule has 0 bridgehead atoms. The first-order valence-electron chi connectivity index (χ1n) is 9.00. The van der Waals surface area contributed by atoms with Gasteiger partial charge in [0.2, 0.25) is 11.8 Å². The topological polar surface area (TPSA) is 87.7 Å². The minimum Gasteiger partial charge on any atom is -0.462 e. The molecule has 0 radical (unpaired) electrons. The molecule has 0 fully saturated rings. The van der Waals surface area contributed by atoms with Crippen LogP contribution in [0.15, 0.2) is 48.5 Å². The van der Waals surface area contributed by atoms with E-state index in [0.29, 0.717) is 23.5 Å². The average Bonchev–Trinajstić information content (AvgIpc) is 2.68. The molecule has 0 saturated heterocycles. The number of rotatable bonds is 8. The van der Waals surface area contributed by atoms with Gasteiger partial charge in [-0.2, -0.15) is 0 Å². The van der Waals surface area contributed by atoms with E-state index in [4.69, 9.17) is 4.74 Å². The molecule has 0 unspecified atom stereocenters. The fourth-order valence-electron chi connectivity index (χ4n) is 2.39. The molecule has 28 heavy (non-hydrogen) atoms. The van der Waals surface area contributed by atoms with Crippen molar-refractivity contribution >= 4 is 29.2 Å². The summed E-state index contributed by atoms with van der Waals surface area (Å²) in [7, 11) is 1.57. The number of hydrogen-bond acceptors (Lipinski definition) is 5. The second kappa shape index (κ2) is 10.1. The van der Waals surface area contributed by atoms with E-state index in [2.05, 4.69) is 10.6 Å². The number of anilines is 2. The van der Waals surface area contributed by atoms with Crippen molar-refractivity contribution in [1.82, 2.24) is 4.90 Å². The van der Waals surface area contributed by atoms with Gasteiger partial charge in [-0.15, -0.1) is 0 Å². The average molecular weight is 383 g/mol. The van der Waals surface area contributed by atoms with Gasteiger partial charge >= 0.3 is 5.97 Å². The summed E-state index contributed by atoms with van der Waals surface area (Å²) >= 11 is 0. The molecule has 0 aliphatic carbocycles. The third-order valence-corrected chi connectivity index (χ3v) is 3.98. The number of benzene rings is 2. The Morgan fingerprint density at radius 1 is 0.964 bits per heavy atom. The standard InChI is InChI=1S/C21H25N3O4/c1-4-28-21(27)16-7-11-17(12-8-16)22-13-20(26)24(3)14-19(25)23-18-9-5-15(2)6-10-18/h5-12,22H,4,13-14H2,1-3H3,(H,23,25). The minimum atomic E-state index is -0.385. The van der Waals surface area contributed by atoms with E-state index in [9.17, 15) is 14.4 Å². The van der Waals surface area contributed by atoms with Gasteiger partial charge in [0, 0.05) is 18.4 Å². The first-order valence-corrected chi connectivity index (χ1v) is 9.00. The summed E-state index contributed by atoms with van der Waals surface area (Å²) in [5.41, 5.74) is 2.94. The zero-order valence-electron chi connectivity index (χ0n) is 16.3. The fraction of sp³-hybridized carbons (Fsp3) is 0.286. The molecule has 2 rings (SSSR count). The number of ether oxygens (including phenoxy) is 1. The van der Waals surface area contributed by atoms with Crippen LogP contribution >= 0.6 is 0 Å². The van der Waals surface area contributed by atoms with E-state index >= 15 is 0 Å². The maximum absolute atomic E-state index is 12.2. The van der Waals surface area contributed by atoms with Crippen molar-refractivity contribution in [2.75, 3.05) is 37.4 Å². The van der Waals surface area contributed by atoms with Crippen molar-refractivity contribution < 1.29 is 19.1 Å². The summed E-state index contributed by atoms with van der Waals surface area (Å²) in [6.07, 6.45) is 0. The molecule has 2 N–H and O–H groups in total. The molecule has 0 aromatic heterocycles. The fourth-order valence-corrected chi connectivity index (χ4v) is 2.39. The third-order valence-electron chi connectivity index (χ3n) is 3.98. The largest absolute Gasteiger partial charge is 0.462 e. The summed E-state index contributed by atoms with van der Waals surface area (Å²) in [6, 6.07) is 14.1. The maximum atomic E-state index is 12.2. The Morgan fingerprint density at radius 2 is 1.57 bits per heavy atom. The van der Waals surface area contributed by atoms with Crippen LogP contribution in [0.5, 0.6) is 0 Å². The van der Waals surface area contributed by atoms with Crippen molar-refractivity contribution in [3.8, 4) is 0 Å². The Kier molecular flexibility index (Phi) is 7.56. The molecule has 2 aromatic rings. The quantitative estimate of drug-likeness (QED) is 0.685. The SMILES string of the molecule is CCOC(=O)c1ccc(NCC(=O)N(C)CC(=O)Nc2ccc(C)cc2)cc1. The number of nitrogens with one attached hydrogen (secondary N) is 2. The highest BCUT2D eigenvalue weighted by Crippen LogP contribution is 2.11. The van der Waals surface area contributed by atoms with E-state index in [-0.39, 0.29) is 30.9 Å². The number of likely N-dealkylation sites (N-methyl/N-ethyl adjacent to an activating group) is 1. The predicted molar refractivity (Wildman–Crippen MR) is 108 cm³/mol. The van der Waals surface area contributed by atoms with Crippen LogP contribution in [0.4, 0.5) is 11.4 Å². The van der Waals surface area contributed by atoms with Gasteiger partial charge in [0.05, 0.1) is 25.3 Å². The lowest BCUT2D eigenvalue weighted by atomic mass is 10.2. The summed E-state index contributed by atoms with van der Waals surface area (Å²) in [4.78, 5) is 37.3. The van der Waals surface area contributed by atoms with Crippen molar-refractivity contribution in [3.63, 3.8) is 0 Å². The van der Waals surface area contributed by atoms with Crippen LogP contribution < -0.4 is 10.6 Å². The highest BCUT2D eigenvalue weighted by atomic mass is 16.5. The van der Waals surface area contributed by atoms with Crippen LogP contribution in [-0.2, 0) is 14.3 Å². The minimum absolute atomic E-state index is 0.0348. The van der Waals surface area contributed by atoms with Gasteiger partial charge in [-0.1, -0.05) is 17.7 Å². The number of carbonyl (C=O) groups excluding carboxylic acids is 3. The van der Waals surface area contributed by atoms with Crippen molar-refractivity contribution in [2.45, 2.75) is 13.8 Å². The smallest absolute Gasteiger partial charge is 0.338 e. The number of aryl methyl sites for hydroxylation is 1. The van der Waals surface area contributed by atoms with Gasteiger partial charge in [-0.25, -0.2) is 4.79 Å². The molecule has 0 heterocycles. The number of amides is 2. The maximum Gasteiger partial charge on any atom is 0.338 e. The molecule has 0 saturated carbocycles. The van der Waals surface area contributed by atoms with Crippen LogP contribution in [0.2, 0.25) is 0 Å². The van der Waals surface area contributed by atoms with E-state index in [1.54, 1.807) is 38.2 Å². The number of carbonyl (C=O) groups is 3. The Bertz CT molecular complexity index is 817. The lowest BCUT2D eigenvalue weighted by Gasteiger charge is -2.17. The summed E-state index contributed by atoms with van der Waals surface area (Å²) in [6.45, 7) is 4.02. The highest BCUT2D eigenvalue weighted by Gasteiger charge is 2.13.